The van der Waals surface area contributed by atoms with Crippen LogP contribution in [0.25, 0.3) is 5.65 Å². The lowest BCUT2D eigenvalue weighted by Gasteiger charge is -2.07. The van der Waals surface area contributed by atoms with Crippen molar-refractivity contribution in [1.29, 1.82) is 0 Å². The predicted molar refractivity (Wildman–Crippen MR) is 102 cm³/mol. The van der Waals surface area contributed by atoms with Crippen LogP contribution in [0.3, 0.4) is 0 Å². The lowest BCUT2D eigenvalue weighted by molar-refractivity contribution is 0.0467. The highest BCUT2D eigenvalue weighted by Gasteiger charge is 2.22. The first-order valence-corrected chi connectivity index (χ1v) is 9.18. The Bertz CT molecular complexity index is 1060. The molecule has 0 aromatic carbocycles. The fraction of sp³-hybridized carbons (Fsp3) is 0.368. The van der Waals surface area contributed by atoms with E-state index < -0.39 is 5.97 Å². The summed E-state index contributed by atoms with van der Waals surface area (Å²) in [5.41, 5.74) is 2.33. The number of hydrogen-bond donors (Lipinski definition) is 0. The van der Waals surface area contributed by atoms with Gasteiger partial charge in [-0.3, -0.25) is 13.9 Å². The Morgan fingerprint density at radius 1 is 1.33 bits per heavy atom. The molecule has 7 nitrogen and oxygen atoms in total. The van der Waals surface area contributed by atoms with Gasteiger partial charge in [-0.2, -0.15) is 5.10 Å². The normalized spacial score (nSPS) is 11.1. The van der Waals surface area contributed by atoms with Crippen molar-refractivity contribution in [1.82, 2.24) is 19.2 Å². The lowest BCUT2D eigenvalue weighted by atomic mass is 10.2. The minimum absolute atomic E-state index is 0.116. The monoisotopic (exact) mass is 388 g/mol. The van der Waals surface area contributed by atoms with E-state index in [-0.39, 0.29) is 22.9 Å². The van der Waals surface area contributed by atoms with Crippen LogP contribution in [0.1, 0.15) is 47.1 Å². The van der Waals surface area contributed by atoms with Crippen molar-refractivity contribution in [2.45, 2.75) is 46.8 Å². The summed E-state index contributed by atoms with van der Waals surface area (Å²) in [6.45, 7) is 6.18. The number of unbranched alkanes of at least 4 members (excludes halogenated alkanes) is 1. The van der Waals surface area contributed by atoms with Gasteiger partial charge in [0.15, 0.2) is 0 Å². The van der Waals surface area contributed by atoms with Crippen LogP contribution in [0.4, 0.5) is 0 Å². The quantitative estimate of drug-likeness (QED) is 0.605. The molecule has 0 spiro atoms. The van der Waals surface area contributed by atoms with Crippen LogP contribution in [0.15, 0.2) is 29.2 Å². The summed E-state index contributed by atoms with van der Waals surface area (Å²) in [5.74, 6) is -0.577. The van der Waals surface area contributed by atoms with E-state index in [1.165, 1.54) is 10.5 Å². The van der Waals surface area contributed by atoms with Crippen molar-refractivity contribution in [3.05, 3.63) is 62.4 Å². The summed E-state index contributed by atoms with van der Waals surface area (Å²) >= 11 is 6.30. The van der Waals surface area contributed by atoms with Gasteiger partial charge in [-0.1, -0.05) is 31.0 Å². The molecule has 27 heavy (non-hydrogen) atoms. The van der Waals surface area contributed by atoms with Crippen molar-refractivity contribution >= 4 is 23.2 Å². The fourth-order valence-electron chi connectivity index (χ4n) is 2.84. The van der Waals surface area contributed by atoms with Crippen LogP contribution in [0.2, 0.25) is 5.15 Å². The van der Waals surface area contributed by atoms with E-state index in [1.807, 2.05) is 13.0 Å². The Morgan fingerprint density at radius 2 is 2.11 bits per heavy atom. The van der Waals surface area contributed by atoms with E-state index in [0.29, 0.717) is 23.6 Å². The van der Waals surface area contributed by atoms with Crippen molar-refractivity contribution in [2.75, 3.05) is 0 Å². The van der Waals surface area contributed by atoms with Gasteiger partial charge in [0.25, 0.3) is 5.56 Å². The molecule has 142 valence electrons. The molecule has 0 unspecified atom stereocenters. The maximum absolute atomic E-state index is 12.5. The second-order valence-electron chi connectivity index (χ2n) is 6.37. The van der Waals surface area contributed by atoms with E-state index in [4.69, 9.17) is 16.3 Å². The molecule has 0 aliphatic carbocycles. The second kappa shape index (κ2) is 7.92. The second-order valence-corrected chi connectivity index (χ2v) is 6.73. The molecular weight excluding hydrogens is 368 g/mol. The zero-order valence-electron chi connectivity index (χ0n) is 15.5. The molecule has 0 N–H and O–H groups in total. The molecule has 3 rings (SSSR count). The summed E-state index contributed by atoms with van der Waals surface area (Å²) in [4.78, 5) is 29.1. The predicted octanol–water partition coefficient (Wildman–Crippen LogP) is 3.32. The number of aromatic nitrogens is 4. The van der Waals surface area contributed by atoms with Gasteiger partial charge in [0.1, 0.15) is 23.0 Å². The molecule has 8 heteroatoms. The Hall–Kier alpha value is -2.67. The third-order valence-corrected chi connectivity index (χ3v) is 4.67. The van der Waals surface area contributed by atoms with E-state index in [2.05, 4.69) is 17.0 Å². The Morgan fingerprint density at radius 3 is 2.85 bits per heavy atom. The standard InChI is InChI=1S/C19H21ClN4O3/c1-4-5-9-24-17(20)16(13(3)22-24)19(26)27-11-14-10-15(25)23-8-6-7-12(2)18(23)21-14/h6-8,10H,4-5,9,11H2,1-3H3. The van der Waals surface area contributed by atoms with Crippen LogP contribution < -0.4 is 5.56 Å². The number of esters is 1. The van der Waals surface area contributed by atoms with Crippen molar-refractivity contribution in [2.24, 2.45) is 0 Å². The molecule has 0 saturated heterocycles. The number of ether oxygens (including phenoxy) is 1. The highest BCUT2D eigenvalue weighted by molar-refractivity contribution is 6.32. The van der Waals surface area contributed by atoms with E-state index in [0.717, 1.165) is 18.4 Å². The topological polar surface area (TPSA) is 78.5 Å². The maximum atomic E-state index is 12.5. The van der Waals surface area contributed by atoms with E-state index >= 15 is 0 Å². The van der Waals surface area contributed by atoms with Crippen molar-refractivity contribution in [3.8, 4) is 0 Å². The average molecular weight is 389 g/mol. The molecule has 0 amide bonds. The van der Waals surface area contributed by atoms with Gasteiger partial charge < -0.3 is 4.74 Å². The molecule has 0 aliphatic heterocycles. The third-order valence-electron chi connectivity index (χ3n) is 4.28. The smallest absolute Gasteiger partial charge is 0.343 e. The van der Waals surface area contributed by atoms with E-state index in [1.54, 1.807) is 23.9 Å². The van der Waals surface area contributed by atoms with Crippen LogP contribution in [0.5, 0.6) is 0 Å². The third kappa shape index (κ3) is 3.88. The molecule has 3 heterocycles. The maximum Gasteiger partial charge on any atom is 0.343 e. The number of carbonyl (C=O) groups excluding carboxylic acids is 1. The number of fused-ring (bicyclic) bond motifs is 1. The Balaban J connectivity index is 1.80. The zero-order valence-corrected chi connectivity index (χ0v) is 16.3. The van der Waals surface area contributed by atoms with Gasteiger partial charge in [-0.25, -0.2) is 9.78 Å². The number of carbonyl (C=O) groups is 1. The Kier molecular flexibility index (Phi) is 5.60. The van der Waals surface area contributed by atoms with Gasteiger partial charge in [-0.15, -0.1) is 0 Å². The summed E-state index contributed by atoms with van der Waals surface area (Å²) in [6, 6.07) is 5.01. The molecule has 3 aromatic heterocycles. The minimum Gasteiger partial charge on any atom is -0.455 e. The highest BCUT2D eigenvalue weighted by Crippen LogP contribution is 2.21. The van der Waals surface area contributed by atoms with Crippen LogP contribution >= 0.6 is 11.6 Å². The molecule has 0 atom stereocenters. The fourth-order valence-corrected chi connectivity index (χ4v) is 3.17. The zero-order chi connectivity index (χ0) is 19.6. The van der Waals surface area contributed by atoms with Gasteiger partial charge in [0.2, 0.25) is 0 Å². The molecule has 3 aromatic rings. The molecule has 0 bridgehead atoms. The van der Waals surface area contributed by atoms with Crippen LogP contribution in [-0.2, 0) is 17.9 Å². The molecule has 0 radical (unpaired) electrons. The van der Waals surface area contributed by atoms with E-state index in [9.17, 15) is 9.59 Å². The summed E-state index contributed by atoms with van der Waals surface area (Å²) in [5, 5.41) is 4.58. The van der Waals surface area contributed by atoms with Crippen LogP contribution in [0, 0.1) is 13.8 Å². The molecule has 0 aliphatic rings. The molecule has 0 fully saturated rings. The lowest BCUT2D eigenvalue weighted by Crippen LogP contribution is -2.17. The minimum atomic E-state index is -0.577. The largest absolute Gasteiger partial charge is 0.455 e. The Labute approximate surface area is 161 Å². The summed E-state index contributed by atoms with van der Waals surface area (Å²) < 4.78 is 8.42. The molecule has 0 saturated carbocycles. The number of hydrogen-bond acceptors (Lipinski definition) is 5. The molecular formula is C19H21ClN4O3. The van der Waals surface area contributed by atoms with Crippen molar-refractivity contribution in [3.63, 3.8) is 0 Å². The van der Waals surface area contributed by atoms with Crippen molar-refractivity contribution < 1.29 is 9.53 Å². The number of nitrogens with zero attached hydrogens (tertiary/aromatic N) is 4. The number of rotatable bonds is 6. The number of aryl methyl sites for hydroxylation is 3. The highest BCUT2D eigenvalue weighted by atomic mass is 35.5. The number of halogens is 1. The van der Waals surface area contributed by atoms with Gasteiger partial charge in [-0.05, 0) is 31.9 Å². The van der Waals surface area contributed by atoms with Crippen LogP contribution in [-0.4, -0.2) is 25.1 Å². The van der Waals surface area contributed by atoms with Gasteiger partial charge >= 0.3 is 5.97 Å². The first kappa shape index (κ1) is 19.1. The van der Waals surface area contributed by atoms with Gasteiger partial charge in [0.05, 0.1) is 11.4 Å². The van der Waals surface area contributed by atoms with Gasteiger partial charge in [0, 0.05) is 18.8 Å². The average Bonchev–Trinajstić information content (AvgIpc) is 2.92. The SMILES string of the molecule is CCCCn1nc(C)c(C(=O)OCc2cc(=O)n3cccc(C)c3n2)c1Cl. The number of pyridine rings is 1. The first-order valence-electron chi connectivity index (χ1n) is 8.80. The summed E-state index contributed by atoms with van der Waals surface area (Å²) in [6.07, 6.45) is 3.57. The first-order chi connectivity index (χ1) is 12.9. The summed E-state index contributed by atoms with van der Waals surface area (Å²) in [7, 11) is 0.